The molecular weight excluding hydrogens is 338 g/mol. The zero-order valence-electron chi connectivity index (χ0n) is 13.3. The molecule has 1 amide bonds. The summed E-state index contributed by atoms with van der Waals surface area (Å²) in [4.78, 5) is 15.0. The lowest BCUT2D eigenvalue weighted by Crippen LogP contribution is -2.30. The summed E-state index contributed by atoms with van der Waals surface area (Å²) < 4.78 is 5.95. The zero-order valence-corrected chi connectivity index (χ0v) is 14.9. The first-order chi connectivity index (χ1) is 11.7. The number of carbonyl (C=O) groups is 1. The Balaban J connectivity index is 1.75. The van der Waals surface area contributed by atoms with Gasteiger partial charge in [-0.3, -0.25) is 9.69 Å². The van der Waals surface area contributed by atoms with Crippen LogP contribution in [0.5, 0.6) is 5.75 Å². The summed E-state index contributed by atoms with van der Waals surface area (Å²) in [6, 6.07) is 17.7. The molecule has 122 valence electrons. The van der Waals surface area contributed by atoms with Crippen molar-refractivity contribution in [2.75, 3.05) is 13.7 Å². The second kappa shape index (κ2) is 7.64. The number of amides is 1. The van der Waals surface area contributed by atoms with Crippen molar-refractivity contribution in [1.29, 1.82) is 0 Å². The Morgan fingerprint density at radius 3 is 2.58 bits per heavy atom. The molecule has 1 aliphatic heterocycles. The molecule has 2 aromatic carbocycles. The first kappa shape index (κ1) is 16.7. The highest BCUT2D eigenvalue weighted by atomic mass is 32.2. The topological polar surface area (TPSA) is 29.5 Å². The molecule has 1 fully saturated rings. The third kappa shape index (κ3) is 3.68. The minimum Gasteiger partial charge on any atom is -0.496 e. The van der Waals surface area contributed by atoms with Gasteiger partial charge in [-0.1, -0.05) is 72.5 Å². The van der Waals surface area contributed by atoms with E-state index < -0.39 is 0 Å². The van der Waals surface area contributed by atoms with E-state index in [9.17, 15) is 4.79 Å². The van der Waals surface area contributed by atoms with E-state index >= 15 is 0 Å². The van der Waals surface area contributed by atoms with E-state index in [4.69, 9.17) is 17.0 Å². The van der Waals surface area contributed by atoms with Crippen LogP contribution in [0, 0.1) is 0 Å². The number of methoxy groups -OCH3 is 1. The SMILES string of the molecule is COc1ccccc1C=C1SC(=S)N(CCc2ccccc2)C1=O. The monoisotopic (exact) mass is 355 g/mol. The van der Waals surface area contributed by atoms with E-state index in [0.29, 0.717) is 15.8 Å². The minimum atomic E-state index is -0.0353. The van der Waals surface area contributed by atoms with Crippen LogP contribution in [0.3, 0.4) is 0 Å². The molecule has 0 N–H and O–H groups in total. The van der Waals surface area contributed by atoms with Crippen molar-refractivity contribution in [2.24, 2.45) is 0 Å². The van der Waals surface area contributed by atoms with Crippen LogP contribution in [-0.2, 0) is 11.2 Å². The van der Waals surface area contributed by atoms with Gasteiger partial charge in [0.25, 0.3) is 5.91 Å². The van der Waals surface area contributed by atoms with Crippen LogP contribution in [0.15, 0.2) is 59.5 Å². The number of hydrogen-bond acceptors (Lipinski definition) is 4. The van der Waals surface area contributed by atoms with Crippen LogP contribution in [0.2, 0.25) is 0 Å². The van der Waals surface area contributed by atoms with Gasteiger partial charge in [0.1, 0.15) is 10.1 Å². The van der Waals surface area contributed by atoms with E-state index in [-0.39, 0.29) is 5.91 Å². The van der Waals surface area contributed by atoms with Crippen LogP contribution >= 0.6 is 24.0 Å². The lowest BCUT2D eigenvalue weighted by atomic mass is 10.1. The lowest BCUT2D eigenvalue weighted by Gasteiger charge is -2.14. The average Bonchev–Trinajstić information content (AvgIpc) is 2.88. The van der Waals surface area contributed by atoms with Gasteiger partial charge in [-0.05, 0) is 24.1 Å². The van der Waals surface area contributed by atoms with Gasteiger partial charge in [0.2, 0.25) is 0 Å². The molecule has 0 aliphatic carbocycles. The van der Waals surface area contributed by atoms with Gasteiger partial charge in [0.05, 0.1) is 12.0 Å². The van der Waals surface area contributed by atoms with Crippen molar-refractivity contribution in [3.05, 3.63) is 70.6 Å². The molecule has 3 nitrogen and oxygen atoms in total. The highest BCUT2D eigenvalue weighted by molar-refractivity contribution is 8.26. The van der Waals surface area contributed by atoms with Crippen LogP contribution < -0.4 is 4.74 Å². The van der Waals surface area contributed by atoms with E-state index in [0.717, 1.165) is 17.7 Å². The van der Waals surface area contributed by atoms with Crippen LogP contribution in [-0.4, -0.2) is 28.8 Å². The van der Waals surface area contributed by atoms with Gasteiger partial charge in [0.15, 0.2) is 0 Å². The average molecular weight is 355 g/mol. The molecule has 0 spiro atoms. The second-order valence-corrected chi connectivity index (χ2v) is 6.99. The molecule has 2 aromatic rings. The quantitative estimate of drug-likeness (QED) is 0.595. The molecular formula is C19H17NO2S2. The number of benzene rings is 2. The van der Waals surface area contributed by atoms with E-state index in [1.54, 1.807) is 12.0 Å². The number of thioether (sulfide) groups is 1. The lowest BCUT2D eigenvalue weighted by molar-refractivity contribution is -0.122. The summed E-state index contributed by atoms with van der Waals surface area (Å²) in [6.07, 6.45) is 2.63. The normalized spacial score (nSPS) is 16.0. The standard InChI is InChI=1S/C19H17NO2S2/c1-22-16-10-6-5-9-15(16)13-17-18(21)20(19(23)24-17)12-11-14-7-3-2-4-8-14/h2-10,13H,11-12H2,1H3. The number of hydrogen-bond donors (Lipinski definition) is 0. The van der Waals surface area contributed by atoms with Crippen molar-refractivity contribution in [3.8, 4) is 5.75 Å². The van der Waals surface area contributed by atoms with Crippen molar-refractivity contribution >= 4 is 40.3 Å². The fourth-order valence-electron chi connectivity index (χ4n) is 2.51. The predicted molar refractivity (Wildman–Crippen MR) is 103 cm³/mol. The summed E-state index contributed by atoms with van der Waals surface area (Å²) in [5, 5.41) is 0. The Labute approximate surface area is 151 Å². The molecule has 0 radical (unpaired) electrons. The van der Waals surface area contributed by atoms with E-state index in [2.05, 4.69) is 12.1 Å². The minimum absolute atomic E-state index is 0.0353. The first-order valence-corrected chi connectivity index (χ1v) is 8.84. The molecule has 1 saturated heterocycles. The maximum absolute atomic E-state index is 12.6. The number of ether oxygens (including phenoxy) is 1. The third-order valence-corrected chi connectivity index (χ3v) is 5.14. The summed E-state index contributed by atoms with van der Waals surface area (Å²) in [6.45, 7) is 0.595. The Hall–Kier alpha value is -2.11. The molecule has 3 rings (SSSR count). The highest BCUT2D eigenvalue weighted by Gasteiger charge is 2.31. The molecule has 0 unspecified atom stereocenters. The summed E-state index contributed by atoms with van der Waals surface area (Å²) in [7, 11) is 1.62. The van der Waals surface area contributed by atoms with Crippen molar-refractivity contribution in [3.63, 3.8) is 0 Å². The van der Waals surface area contributed by atoms with Crippen molar-refractivity contribution in [2.45, 2.75) is 6.42 Å². The highest BCUT2D eigenvalue weighted by Crippen LogP contribution is 2.34. The Kier molecular flexibility index (Phi) is 5.33. The molecule has 1 heterocycles. The molecule has 0 atom stereocenters. The van der Waals surface area contributed by atoms with Gasteiger partial charge in [-0.2, -0.15) is 0 Å². The van der Waals surface area contributed by atoms with Gasteiger partial charge < -0.3 is 4.74 Å². The van der Waals surface area contributed by atoms with Crippen LogP contribution in [0.25, 0.3) is 6.08 Å². The van der Waals surface area contributed by atoms with Gasteiger partial charge in [-0.25, -0.2) is 0 Å². The Morgan fingerprint density at radius 1 is 1.12 bits per heavy atom. The number of carbonyl (C=O) groups excluding carboxylic acids is 1. The van der Waals surface area contributed by atoms with E-state index in [1.165, 1.54) is 17.3 Å². The maximum Gasteiger partial charge on any atom is 0.266 e. The summed E-state index contributed by atoms with van der Waals surface area (Å²) in [5.74, 6) is 0.707. The fourth-order valence-corrected chi connectivity index (χ4v) is 3.80. The number of nitrogens with zero attached hydrogens (tertiary/aromatic N) is 1. The third-order valence-electron chi connectivity index (χ3n) is 3.77. The summed E-state index contributed by atoms with van der Waals surface area (Å²) in [5.41, 5.74) is 2.07. The molecule has 5 heteroatoms. The van der Waals surface area contributed by atoms with Crippen molar-refractivity contribution < 1.29 is 9.53 Å². The Bertz CT molecular complexity index is 787. The van der Waals surface area contributed by atoms with Crippen molar-refractivity contribution in [1.82, 2.24) is 4.90 Å². The first-order valence-electron chi connectivity index (χ1n) is 7.61. The second-order valence-electron chi connectivity index (χ2n) is 5.31. The molecule has 0 bridgehead atoms. The van der Waals surface area contributed by atoms with Gasteiger partial charge in [0, 0.05) is 12.1 Å². The molecule has 24 heavy (non-hydrogen) atoms. The van der Waals surface area contributed by atoms with Crippen LogP contribution in [0.1, 0.15) is 11.1 Å². The number of rotatable bonds is 5. The summed E-state index contributed by atoms with van der Waals surface area (Å²) >= 11 is 6.73. The van der Waals surface area contributed by atoms with Gasteiger partial charge >= 0.3 is 0 Å². The molecule has 0 aromatic heterocycles. The van der Waals surface area contributed by atoms with Gasteiger partial charge in [-0.15, -0.1) is 0 Å². The maximum atomic E-state index is 12.6. The fraction of sp³-hybridized carbons (Fsp3) is 0.158. The predicted octanol–water partition coefficient (Wildman–Crippen LogP) is 4.14. The number of thiocarbonyl (C=S) groups is 1. The molecule has 0 saturated carbocycles. The largest absolute Gasteiger partial charge is 0.496 e. The zero-order chi connectivity index (χ0) is 16.9. The number of para-hydroxylation sites is 1. The molecule has 1 aliphatic rings. The van der Waals surface area contributed by atoms with E-state index in [1.807, 2.05) is 48.5 Å². The smallest absolute Gasteiger partial charge is 0.266 e. The van der Waals surface area contributed by atoms with Crippen LogP contribution in [0.4, 0.5) is 0 Å². The Morgan fingerprint density at radius 2 is 1.83 bits per heavy atom.